The summed E-state index contributed by atoms with van der Waals surface area (Å²) < 4.78 is 2.96. The minimum absolute atomic E-state index is 0.157. The largest absolute Gasteiger partial charge is 0.342 e. The van der Waals surface area contributed by atoms with Crippen LogP contribution in [0, 0.1) is 0 Å². The van der Waals surface area contributed by atoms with Crippen LogP contribution in [0.3, 0.4) is 0 Å². The maximum Gasteiger partial charge on any atom is 0.251 e. The Bertz CT molecular complexity index is 1210. The fourth-order valence-corrected chi connectivity index (χ4v) is 6.44. The van der Waals surface area contributed by atoms with E-state index in [4.69, 9.17) is 4.98 Å². The van der Waals surface area contributed by atoms with E-state index in [0.29, 0.717) is 23.5 Å². The van der Waals surface area contributed by atoms with Crippen LogP contribution in [0.2, 0.25) is 0 Å². The third-order valence-corrected chi connectivity index (χ3v) is 8.57. The van der Waals surface area contributed by atoms with Gasteiger partial charge in [0.1, 0.15) is 12.4 Å². The molecule has 2 fully saturated rings. The van der Waals surface area contributed by atoms with Crippen LogP contribution in [0.25, 0.3) is 11.0 Å². The molecular weight excluding hydrogens is 528 g/mol. The second-order valence-electron chi connectivity index (χ2n) is 10.6. The molecule has 1 heterocycles. The molecule has 6 nitrogen and oxygen atoms in total. The maximum atomic E-state index is 14.1. The molecule has 2 aliphatic carbocycles. The summed E-state index contributed by atoms with van der Waals surface area (Å²) in [5, 5.41) is 3.10. The van der Waals surface area contributed by atoms with E-state index in [1.807, 2.05) is 47.9 Å². The zero-order valence-electron chi connectivity index (χ0n) is 21.7. The number of carbonyl (C=O) groups is 2. The molecule has 0 aliphatic heterocycles. The Labute approximate surface area is 228 Å². The van der Waals surface area contributed by atoms with E-state index < -0.39 is 0 Å². The zero-order chi connectivity index (χ0) is 25.8. The predicted molar refractivity (Wildman–Crippen MR) is 150 cm³/mol. The van der Waals surface area contributed by atoms with Crippen LogP contribution in [0.4, 0.5) is 0 Å². The highest BCUT2D eigenvalue weighted by atomic mass is 79.9. The number of hydrogen-bond acceptors (Lipinski definition) is 3. The van der Waals surface area contributed by atoms with E-state index in [1.54, 1.807) is 12.1 Å². The van der Waals surface area contributed by atoms with Crippen molar-refractivity contribution in [2.75, 3.05) is 0 Å². The van der Waals surface area contributed by atoms with Crippen LogP contribution in [-0.4, -0.2) is 38.3 Å². The van der Waals surface area contributed by atoms with Gasteiger partial charge in [-0.15, -0.1) is 0 Å². The second kappa shape index (κ2) is 11.8. The first kappa shape index (κ1) is 26.0. The lowest BCUT2D eigenvalue weighted by molar-refractivity contribution is -0.138. The van der Waals surface area contributed by atoms with Crippen LogP contribution in [0.1, 0.15) is 93.4 Å². The maximum absolute atomic E-state index is 14.1. The molecule has 2 saturated carbocycles. The van der Waals surface area contributed by atoms with Crippen LogP contribution in [-0.2, 0) is 11.3 Å². The van der Waals surface area contributed by atoms with Crippen molar-refractivity contribution in [3.8, 4) is 0 Å². The predicted octanol–water partition coefficient (Wildman–Crippen LogP) is 6.78. The highest BCUT2D eigenvalue weighted by molar-refractivity contribution is 9.10. The van der Waals surface area contributed by atoms with Gasteiger partial charge in [-0.25, -0.2) is 4.98 Å². The molecule has 2 aromatic carbocycles. The van der Waals surface area contributed by atoms with Crippen molar-refractivity contribution >= 4 is 38.8 Å². The van der Waals surface area contributed by atoms with Gasteiger partial charge in [-0.3, -0.25) is 9.59 Å². The molecule has 37 heavy (non-hydrogen) atoms. The Kier molecular flexibility index (Phi) is 8.28. The summed E-state index contributed by atoms with van der Waals surface area (Å²) in [5.41, 5.74) is 2.37. The molecule has 1 unspecified atom stereocenters. The minimum Gasteiger partial charge on any atom is -0.342 e. The lowest BCUT2D eigenvalue weighted by Crippen LogP contribution is -2.50. The average molecular weight is 566 g/mol. The van der Waals surface area contributed by atoms with E-state index in [1.165, 1.54) is 38.5 Å². The number of rotatable bonds is 7. The van der Waals surface area contributed by atoms with Crippen LogP contribution in [0.5, 0.6) is 0 Å². The van der Waals surface area contributed by atoms with Gasteiger partial charge in [0.15, 0.2) is 0 Å². The summed E-state index contributed by atoms with van der Waals surface area (Å²) in [7, 11) is 0. The normalized spacial score (nSPS) is 18.0. The molecule has 0 spiro atoms. The number of halogens is 1. The molecule has 196 valence electrons. The SMILES string of the molecule is CC(NC(=O)c1ccc(Br)cc1)c1nc2ccccc2n1CC(=O)N(C1CCCCC1)C1CCCCC1. The summed E-state index contributed by atoms with van der Waals surface area (Å²) in [6.45, 7) is 2.19. The lowest BCUT2D eigenvalue weighted by Gasteiger charge is -2.42. The number of amides is 2. The number of nitrogens with zero attached hydrogens (tertiary/aromatic N) is 3. The molecule has 1 aromatic heterocycles. The van der Waals surface area contributed by atoms with Crippen molar-refractivity contribution in [3.63, 3.8) is 0 Å². The fraction of sp³-hybridized carbons (Fsp3) is 0.500. The van der Waals surface area contributed by atoms with Gasteiger partial charge in [0.2, 0.25) is 5.91 Å². The standard InChI is InChI=1S/C30H37BrN4O2/c1-21(32-30(37)22-16-18-23(31)19-17-22)29-33-26-14-8-9-15-27(26)34(29)20-28(36)35(24-10-4-2-5-11-24)25-12-6-3-7-13-25/h8-9,14-19,21,24-25H,2-7,10-13,20H2,1H3,(H,32,37). The summed E-state index contributed by atoms with van der Waals surface area (Å²) in [6.07, 6.45) is 11.8. The van der Waals surface area contributed by atoms with Gasteiger partial charge in [-0.2, -0.15) is 0 Å². The van der Waals surface area contributed by atoms with Crippen molar-refractivity contribution < 1.29 is 9.59 Å². The Morgan fingerprint density at radius 2 is 1.54 bits per heavy atom. The minimum atomic E-state index is -0.353. The molecule has 0 bridgehead atoms. The van der Waals surface area contributed by atoms with Crippen molar-refractivity contribution in [1.82, 2.24) is 19.8 Å². The topological polar surface area (TPSA) is 67.2 Å². The van der Waals surface area contributed by atoms with Gasteiger partial charge in [-0.05, 0) is 69.0 Å². The summed E-state index contributed by atoms with van der Waals surface area (Å²) in [5.74, 6) is 0.748. The van der Waals surface area contributed by atoms with E-state index in [2.05, 4.69) is 26.1 Å². The summed E-state index contributed by atoms with van der Waals surface area (Å²) >= 11 is 3.42. The van der Waals surface area contributed by atoms with E-state index >= 15 is 0 Å². The number of hydrogen-bond donors (Lipinski definition) is 1. The Balaban J connectivity index is 1.42. The summed E-state index contributed by atoms with van der Waals surface area (Å²) in [6, 6.07) is 15.6. The van der Waals surface area contributed by atoms with Gasteiger partial charge in [0, 0.05) is 22.1 Å². The van der Waals surface area contributed by atoms with Crippen LogP contribution >= 0.6 is 15.9 Å². The summed E-state index contributed by atoms with van der Waals surface area (Å²) in [4.78, 5) is 34.2. The third-order valence-electron chi connectivity index (χ3n) is 8.04. The van der Waals surface area contributed by atoms with Gasteiger partial charge in [0.05, 0.1) is 17.1 Å². The molecular formula is C30H37BrN4O2. The smallest absolute Gasteiger partial charge is 0.251 e. The second-order valence-corrected chi connectivity index (χ2v) is 11.5. The van der Waals surface area contributed by atoms with Gasteiger partial charge >= 0.3 is 0 Å². The van der Waals surface area contributed by atoms with Gasteiger partial charge in [0.25, 0.3) is 5.91 Å². The molecule has 2 aliphatic rings. The number of nitrogens with one attached hydrogen (secondary N) is 1. The zero-order valence-corrected chi connectivity index (χ0v) is 23.3. The number of benzene rings is 2. The Morgan fingerprint density at radius 3 is 2.16 bits per heavy atom. The molecule has 7 heteroatoms. The van der Waals surface area contributed by atoms with Crippen molar-refractivity contribution in [2.24, 2.45) is 0 Å². The number of fused-ring (bicyclic) bond motifs is 1. The van der Waals surface area contributed by atoms with E-state index in [9.17, 15) is 9.59 Å². The van der Waals surface area contributed by atoms with Crippen molar-refractivity contribution in [1.29, 1.82) is 0 Å². The highest BCUT2D eigenvalue weighted by Gasteiger charge is 2.33. The average Bonchev–Trinajstić information content (AvgIpc) is 3.29. The number of imidazole rings is 1. The molecule has 1 N–H and O–H groups in total. The molecule has 1 atom stereocenters. The molecule has 0 saturated heterocycles. The first-order valence-corrected chi connectivity index (χ1v) is 14.6. The van der Waals surface area contributed by atoms with Gasteiger partial charge < -0.3 is 14.8 Å². The Morgan fingerprint density at radius 1 is 0.946 bits per heavy atom. The fourth-order valence-electron chi connectivity index (χ4n) is 6.18. The molecule has 2 amide bonds. The quantitative estimate of drug-likeness (QED) is 0.343. The molecule has 3 aromatic rings. The first-order valence-electron chi connectivity index (χ1n) is 13.8. The first-order chi connectivity index (χ1) is 18.0. The van der Waals surface area contributed by atoms with Gasteiger partial charge in [-0.1, -0.05) is 66.6 Å². The Hall–Kier alpha value is -2.67. The number of carbonyl (C=O) groups excluding carboxylic acids is 2. The van der Waals surface area contributed by atoms with Crippen LogP contribution in [0.15, 0.2) is 53.0 Å². The molecule has 0 radical (unpaired) electrons. The molecule has 5 rings (SSSR count). The highest BCUT2D eigenvalue weighted by Crippen LogP contribution is 2.31. The van der Waals surface area contributed by atoms with Crippen LogP contribution < -0.4 is 5.32 Å². The number of aromatic nitrogens is 2. The van der Waals surface area contributed by atoms with E-state index in [-0.39, 0.29) is 24.4 Å². The van der Waals surface area contributed by atoms with Crippen molar-refractivity contribution in [3.05, 3.63) is 64.4 Å². The van der Waals surface area contributed by atoms with E-state index in [0.717, 1.165) is 41.2 Å². The lowest BCUT2D eigenvalue weighted by atomic mass is 9.88. The van der Waals surface area contributed by atoms with Crippen molar-refractivity contribution in [2.45, 2.75) is 95.8 Å². The number of para-hydroxylation sites is 2. The monoisotopic (exact) mass is 564 g/mol. The third kappa shape index (κ3) is 5.92.